The standard InChI is InChI=1S/C23H30/c1-3-5-7-9-18-11-13-20-17-21-14-12-19(10-8-6-4-2)16-23(21)22(20)15-18/h11-16H,3-10,17H2,1-2H3. The number of aryl methyl sites for hydroxylation is 2. The average Bonchev–Trinajstić information content (AvgIpc) is 2.93. The van der Waals surface area contributed by atoms with Crippen LogP contribution in [0.1, 0.15) is 74.6 Å². The molecule has 2 aromatic carbocycles. The van der Waals surface area contributed by atoms with Crippen molar-refractivity contribution < 1.29 is 0 Å². The van der Waals surface area contributed by atoms with Crippen molar-refractivity contribution in [3.8, 4) is 11.1 Å². The van der Waals surface area contributed by atoms with Crippen LogP contribution in [-0.2, 0) is 19.3 Å². The van der Waals surface area contributed by atoms with Gasteiger partial charge >= 0.3 is 0 Å². The predicted molar refractivity (Wildman–Crippen MR) is 101 cm³/mol. The average molecular weight is 306 g/mol. The van der Waals surface area contributed by atoms with Gasteiger partial charge in [-0.15, -0.1) is 0 Å². The number of unbranched alkanes of at least 4 members (excludes halogenated alkanes) is 4. The van der Waals surface area contributed by atoms with E-state index in [4.69, 9.17) is 0 Å². The number of hydrogen-bond acceptors (Lipinski definition) is 0. The lowest BCUT2D eigenvalue weighted by molar-refractivity contribution is 0.717. The van der Waals surface area contributed by atoms with Crippen molar-refractivity contribution in [1.29, 1.82) is 0 Å². The zero-order chi connectivity index (χ0) is 16.1. The molecule has 0 saturated heterocycles. The van der Waals surface area contributed by atoms with Crippen molar-refractivity contribution in [1.82, 2.24) is 0 Å². The van der Waals surface area contributed by atoms with Gasteiger partial charge in [0.2, 0.25) is 0 Å². The minimum Gasteiger partial charge on any atom is -0.0654 e. The summed E-state index contributed by atoms with van der Waals surface area (Å²) in [5, 5.41) is 0. The first-order valence-corrected chi connectivity index (χ1v) is 9.55. The van der Waals surface area contributed by atoms with Gasteiger partial charge in [0, 0.05) is 0 Å². The third-order valence-corrected chi connectivity index (χ3v) is 5.16. The highest BCUT2D eigenvalue weighted by Crippen LogP contribution is 2.38. The minimum absolute atomic E-state index is 1.12. The van der Waals surface area contributed by atoms with E-state index in [1.54, 1.807) is 0 Å². The van der Waals surface area contributed by atoms with E-state index < -0.39 is 0 Å². The summed E-state index contributed by atoms with van der Waals surface area (Å²) in [5.41, 5.74) is 9.08. The lowest BCUT2D eigenvalue weighted by Gasteiger charge is -2.08. The van der Waals surface area contributed by atoms with Crippen LogP contribution in [0.25, 0.3) is 11.1 Å². The van der Waals surface area contributed by atoms with E-state index in [-0.39, 0.29) is 0 Å². The maximum atomic E-state index is 2.46. The maximum absolute atomic E-state index is 2.46. The fourth-order valence-corrected chi connectivity index (χ4v) is 3.73. The monoisotopic (exact) mass is 306 g/mol. The van der Waals surface area contributed by atoms with E-state index in [9.17, 15) is 0 Å². The van der Waals surface area contributed by atoms with Crippen LogP contribution in [0.3, 0.4) is 0 Å². The predicted octanol–water partition coefficient (Wildman–Crippen LogP) is 6.72. The van der Waals surface area contributed by atoms with Crippen LogP contribution in [0.4, 0.5) is 0 Å². The van der Waals surface area contributed by atoms with Gasteiger partial charge in [0.1, 0.15) is 0 Å². The lowest BCUT2D eigenvalue weighted by Crippen LogP contribution is -1.89. The Morgan fingerprint density at radius 2 is 1.13 bits per heavy atom. The second-order valence-electron chi connectivity index (χ2n) is 7.07. The molecule has 0 radical (unpaired) electrons. The molecule has 0 heteroatoms. The molecule has 0 N–H and O–H groups in total. The largest absolute Gasteiger partial charge is 0.0654 e. The van der Waals surface area contributed by atoms with Crippen molar-refractivity contribution in [2.75, 3.05) is 0 Å². The van der Waals surface area contributed by atoms with Crippen molar-refractivity contribution in [3.63, 3.8) is 0 Å². The maximum Gasteiger partial charge on any atom is -0.00134 e. The molecule has 23 heavy (non-hydrogen) atoms. The highest BCUT2D eigenvalue weighted by Gasteiger charge is 2.18. The Labute approximate surface area is 141 Å². The van der Waals surface area contributed by atoms with Gasteiger partial charge in [0.25, 0.3) is 0 Å². The summed E-state index contributed by atoms with van der Waals surface area (Å²) >= 11 is 0. The van der Waals surface area contributed by atoms with Crippen molar-refractivity contribution in [2.45, 2.75) is 71.6 Å². The molecule has 1 aliphatic carbocycles. The van der Waals surface area contributed by atoms with Gasteiger partial charge in [0.15, 0.2) is 0 Å². The first kappa shape index (κ1) is 16.3. The minimum atomic E-state index is 1.12. The third kappa shape index (κ3) is 3.86. The summed E-state index contributed by atoms with van der Waals surface area (Å²) in [5.74, 6) is 0. The molecule has 0 fully saturated rings. The summed E-state index contributed by atoms with van der Waals surface area (Å²) < 4.78 is 0. The molecule has 0 bridgehead atoms. The summed E-state index contributed by atoms with van der Waals surface area (Å²) in [7, 11) is 0. The summed E-state index contributed by atoms with van der Waals surface area (Å²) in [6, 6.07) is 14.4. The molecular formula is C23H30. The van der Waals surface area contributed by atoms with Crippen molar-refractivity contribution >= 4 is 0 Å². The highest BCUT2D eigenvalue weighted by atomic mass is 14.2. The molecule has 0 amide bonds. The van der Waals surface area contributed by atoms with E-state index in [0.29, 0.717) is 0 Å². The molecule has 0 saturated carbocycles. The Hall–Kier alpha value is -1.56. The summed E-state index contributed by atoms with van der Waals surface area (Å²) in [4.78, 5) is 0. The second-order valence-corrected chi connectivity index (χ2v) is 7.07. The van der Waals surface area contributed by atoms with E-state index >= 15 is 0 Å². The Morgan fingerprint density at radius 3 is 1.57 bits per heavy atom. The van der Waals surface area contributed by atoms with Crippen molar-refractivity contribution in [3.05, 3.63) is 58.7 Å². The van der Waals surface area contributed by atoms with Crippen LogP contribution in [-0.4, -0.2) is 0 Å². The second kappa shape index (κ2) is 7.81. The normalized spacial score (nSPS) is 12.3. The Morgan fingerprint density at radius 1 is 0.652 bits per heavy atom. The molecule has 3 rings (SSSR count). The Kier molecular flexibility index (Phi) is 5.54. The van der Waals surface area contributed by atoms with E-state index in [1.807, 2.05) is 0 Å². The van der Waals surface area contributed by atoms with Gasteiger partial charge in [-0.3, -0.25) is 0 Å². The zero-order valence-corrected chi connectivity index (χ0v) is 14.8. The van der Waals surface area contributed by atoms with Crippen LogP contribution in [0, 0.1) is 0 Å². The highest BCUT2D eigenvalue weighted by molar-refractivity contribution is 5.77. The fourth-order valence-electron chi connectivity index (χ4n) is 3.73. The molecule has 0 unspecified atom stereocenters. The van der Waals surface area contributed by atoms with Gasteiger partial charge in [0.05, 0.1) is 0 Å². The summed E-state index contributed by atoms with van der Waals surface area (Å²) in [6.07, 6.45) is 11.5. The Bertz CT molecular complexity index is 594. The van der Waals surface area contributed by atoms with E-state index in [2.05, 4.69) is 50.2 Å². The molecular weight excluding hydrogens is 276 g/mol. The molecule has 0 heterocycles. The summed E-state index contributed by atoms with van der Waals surface area (Å²) in [6.45, 7) is 4.55. The van der Waals surface area contributed by atoms with Gasteiger partial charge in [-0.1, -0.05) is 75.9 Å². The van der Waals surface area contributed by atoms with Gasteiger partial charge in [-0.2, -0.15) is 0 Å². The first-order valence-electron chi connectivity index (χ1n) is 9.55. The molecule has 122 valence electrons. The first-order chi connectivity index (χ1) is 11.3. The van der Waals surface area contributed by atoms with Crippen LogP contribution < -0.4 is 0 Å². The van der Waals surface area contributed by atoms with Gasteiger partial charge in [-0.05, 0) is 65.5 Å². The molecule has 0 aromatic heterocycles. The molecule has 0 aliphatic heterocycles. The lowest BCUT2D eigenvalue weighted by atomic mass is 9.97. The molecule has 2 aromatic rings. The van der Waals surface area contributed by atoms with Gasteiger partial charge in [-0.25, -0.2) is 0 Å². The van der Waals surface area contributed by atoms with Crippen LogP contribution in [0.2, 0.25) is 0 Å². The fraction of sp³-hybridized carbons (Fsp3) is 0.478. The Balaban J connectivity index is 1.79. The number of benzene rings is 2. The van der Waals surface area contributed by atoms with Crippen LogP contribution in [0.5, 0.6) is 0 Å². The van der Waals surface area contributed by atoms with Crippen LogP contribution in [0.15, 0.2) is 36.4 Å². The van der Waals surface area contributed by atoms with Crippen molar-refractivity contribution in [2.24, 2.45) is 0 Å². The van der Waals surface area contributed by atoms with E-state index in [0.717, 1.165) is 6.42 Å². The molecule has 1 aliphatic rings. The molecule has 0 nitrogen and oxygen atoms in total. The smallest absolute Gasteiger partial charge is 0.00134 e. The number of hydrogen-bond donors (Lipinski definition) is 0. The van der Waals surface area contributed by atoms with E-state index in [1.165, 1.54) is 84.7 Å². The topological polar surface area (TPSA) is 0 Å². The van der Waals surface area contributed by atoms with Crippen LogP contribution >= 0.6 is 0 Å². The quantitative estimate of drug-likeness (QED) is 0.405. The number of rotatable bonds is 8. The molecule has 0 atom stereocenters. The number of fused-ring (bicyclic) bond motifs is 3. The third-order valence-electron chi connectivity index (χ3n) is 5.16. The molecule has 0 spiro atoms. The zero-order valence-electron chi connectivity index (χ0n) is 14.8. The van der Waals surface area contributed by atoms with Gasteiger partial charge < -0.3 is 0 Å². The SMILES string of the molecule is CCCCCc1ccc2c(c1)-c1cc(CCCCC)ccc1C2.